The summed E-state index contributed by atoms with van der Waals surface area (Å²) >= 11 is 0. The number of methoxy groups -OCH3 is 2. The number of hydrogen-bond acceptors (Lipinski definition) is 6. The second-order valence-corrected chi connectivity index (χ2v) is 7.44. The number of hydrogen-bond donors (Lipinski definition) is 0. The molecule has 0 unspecified atom stereocenters. The van der Waals surface area contributed by atoms with Gasteiger partial charge in [-0.2, -0.15) is 0 Å². The Balaban J connectivity index is 1.69. The van der Waals surface area contributed by atoms with Crippen LogP contribution in [0.15, 0.2) is 42.5 Å². The van der Waals surface area contributed by atoms with Crippen molar-refractivity contribution in [1.29, 1.82) is 0 Å². The molecule has 6 nitrogen and oxygen atoms in total. The maximum absolute atomic E-state index is 12.6. The molecule has 0 aliphatic carbocycles. The normalized spacial score (nSPS) is 15.8. The van der Waals surface area contributed by atoms with Crippen molar-refractivity contribution in [2.45, 2.75) is 6.61 Å². The second kappa shape index (κ2) is 7.54. The summed E-state index contributed by atoms with van der Waals surface area (Å²) in [6.07, 6.45) is 0. The van der Waals surface area contributed by atoms with Crippen molar-refractivity contribution in [3.63, 3.8) is 0 Å². The second-order valence-electron chi connectivity index (χ2n) is 7.44. The van der Waals surface area contributed by atoms with Crippen LogP contribution in [-0.2, 0) is 16.1 Å². The molecule has 0 radical (unpaired) electrons. The van der Waals surface area contributed by atoms with Crippen molar-refractivity contribution in [2.75, 3.05) is 45.4 Å². The Morgan fingerprint density at radius 3 is 2.30 bits per heavy atom. The van der Waals surface area contributed by atoms with Crippen LogP contribution < -0.4 is 14.4 Å². The van der Waals surface area contributed by atoms with Gasteiger partial charge in [0.25, 0.3) is 0 Å². The molecule has 0 amide bonds. The number of cyclic esters (lactones) is 1. The SMILES string of the molecule is COc1cc2cc3c(c(-c4ccc(N5CCOCC5)cc4)c2cc1OC)C(=O)OC3. The number of anilines is 1. The Kier molecular flexibility index (Phi) is 4.71. The maximum atomic E-state index is 12.6. The number of benzene rings is 3. The average molecular weight is 405 g/mol. The first-order valence-electron chi connectivity index (χ1n) is 10.0. The van der Waals surface area contributed by atoms with Gasteiger partial charge in [0.2, 0.25) is 0 Å². The van der Waals surface area contributed by atoms with Crippen LogP contribution in [0.25, 0.3) is 21.9 Å². The molecule has 0 aromatic heterocycles. The minimum Gasteiger partial charge on any atom is -0.493 e. The van der Waals surface area contributed by atoms with E-state index in [4.69, 9.17) is 18.9 Å². The van der Waals surface area contributed by atoms with Crippen molar-refractivity contribution in [1.82, 2.24) is 0 Å². The fourth-order valence-corrected chi connectivity index (χ4v) is 4.31. The van der Waals surface area contributed by atoms with Crippen LogP contribution in [0.2, 0.25) is 0 Å². The van der Waals surface area contributed by atoms with E-state index in [0.717, 1.165) is 59.5 Å². The molecule has 0 bridgehead atoms. The summed E-state index contributed by atoms with van der Waals surface area (Å²) in [6, 6.07) is 14.2. The highest BCUT2D eigenvalue weighted by molar-refractivity contribution is 6.11. The zero-order chi connectivity index (χ0) is 20.7. The highest BCUT2D eigenvalue weighted by atomic mass is 16.5. The fraction of sp³-hybridized carbons (Fsp3) is 0.292. The largest absolute Gasteiger partial charge is 0.493 e. The first-order valence-corrected chi connectivity index (χ1v) is 10.0. The molecule has 154 valence electrons. The van der Waals surface area contributed by atoms with Gasteiger partial charge in [0.15, 0.2) is 11.5 Å². The lowest BCUT2D eigenvalue weighted by molar-refractivity contribution is 0.0535. The van der Waals surface area contributed by atoms with Crippen molar-refractivity contribution in [3.05, 3.63) is 53.6 Å². The fourth-order valence-electron chi connectivity index (χ4n) is 4.31. The monoisotopic (exact) mass is 405 g/mol. The number of nitrogens with zero attached hydrogens (tertiary/aromatic N) is 1. The summed E-state index contributed by atoms with van der Waals surface area (Å²) in [5, 5.41) is 1.92. The lowest BCUT2D eigenvalue weighted by Gasteiger charge is -2.29. The van der Waals surface area contributed by atoms with Crippen molar-refractivity contribution < 1.29 is 23.7 Å². The van der Waals surface area contributed by atoms with Crippen molar-refractivity contribution in [2.24, 2.45) is 0 Å². The van der Waals surface area contributed by atoms with Gasteiger partial charge in [0.1, 0.15) is 6.61 Å². The number of fused-ring (bicyclic) bond motifs is 2. The summed E-state index contributed by atoms with van der Waals surface area (Å²) in [6.45, 7) is 3.54. The van der Waals surface area contributed by atoms with Gasteiger partial charge in [-0.3, -0.25) is 0 Å². The van der Waals surface area contributed by atoms with E-state index in [1.807, 2.05) is 18.2 Å². The quantitative estimate of drug-likeness (QED) is 0.611. The van der Waals surface area contributed by atoms with Gasteiger partial charge in [-0.1, -0.05) is 12.1 Å². The number of rotatable bonds is 4. The predicted molar refractivity (Wildman–Crippen MR) is 115 cm³/mol. The first kappa shape index (κ1) is 18.8. The van der Waals surface area contributed by atoms with Crippen LogP contribution in [0.3, 0.4) is 0 Å². The Bertz CT molecular complexity index is 1120. The van der Waals surface area contributed by atoms with Crippen LogP contribution in [0.5, 0.6) is 11.5 Å². The third-order valence-corrected chi connectivity index (χ3v) is 5.82. The van der Waals surface area contributed by atoms with Gasteiger partial charge >= 0.3 is 5.97 Å². The molecule has 0 atom stereocenters. The summed E-state index contributed by atoms with van der Waals surface area (Å²) in [5.41, 5.74) is 4.53. The van der Waals surface area contributed by atoms with Crippen LogP contribution in [0, 0.1) is 0 Å². The number of ether oxygens (including phenoxy) is 4. The number of carbonyl (C=O) groups excluding carboxylic acids is 1. The molecule has 3 aromatic carbocycles. The van der Waals surface area contributed by atoms with E-state index in [1.54, 1.807) is 14.2 Å². The predicted octanol–water partition coefficient (Wildman–Crippen LogP) is 4.03. The Morgan fingerprint density at radius 2 is 1.60 bits per heavy atom. The minimum absolute atomic E-state index is 0.283. The van der Waals surface area contributed by atoms with Crippen molar-refractivity contribution in [3.8, 4) is 22.6 Å². The van der Waals surface area contributed by atoms with E-state index >= 15 is 0 Å². The van der Waals surface area contributed by atoms with E-state index < -0.39 is 0 Å². The molecule has 30 heavy (non-hydrogen) atoms. The lowest BCUT2D eigenvalue weighted by atomic mass is 9.90. The molecule has 1 fully saturated rings. The summed E-state index contributed by atoms with van der Waals surface area (Å²) in [4.78, 5) is 14.9. The Morgan fingerprint density at radius 1 is 0.900 bits per heavy atom. The zero-order valence-corrected chi connectivity index (χ0v) is 17.1. The Labute approximate surface area is 174 Å². The lowest BCUT2D eigenvalue weighted by Crippen LogP contribution is -2.36. The minimum atomic E-state index is -0.283. The number of morpholine rings is 1. The highest BCUT2D eigenvalue weighted by Gasteiger charge is 2.28. The van der Waals surface area contributed by atoms with Crippen molar-refractivity contribution >= 4 is 22.4 Å². The van der Waals surface area contributed by atoms with E-state index in [2.05, 4.69) is 29.2 Å². The van der Waals surface area contributed by atoms with E-state index in [9.17, 15) is 4.79 Å². The third-order valence-electron chi connectivity index (χ3n) is 5.82. The molecule has 2 aliphatic rings. The van der Waals surface area contributed by atoms with Crippen LogP contribution in [0.1, 0.15) is 15.9 Å². The van der Waals surface area contributed by atoms with Crippen LogP contribution in [-0.4, -0.2) is 46.5 Å². The molecule has 2 aliphatic heterocycles. The Hall–Kier alpha value is -3.25. The molecule has 0 N–H and O–H groups in total. The van der Waals surface area contributed by atoms with Crippen LogP contribution >= 0.6 is 0 Å². The number of esters is 1. The average Bonchev–Trinajstić information content (AvgIpc) is 3.17. The molecule has 3 aromatic rings. The van der Waals surface area contributed by atoms with E-state index in [-0.39, 0.29) is 12.6 Å². The van der Waals surface area contributed by atoms with Crippen LogP contribution in [0.4, 0.5) is 5.69 Å². The number of carbonyl (C=O) groups is 1. The highest BCUT2D eigenvalue weighted by Crippen LogP contribution is 2.42. The third kappa shape index (κ3) is 3.04. The first-order chi connectivity index (χ1) is 14.7. The molecular weight excluding hydrogens is 382 g/mol. The van der Waals surface area contributed by atoms with Gasteiger partial charge in [-0.15, -0.1) is 0 Å². The zero-order valence-electron chi connectivity index (χ0n) is 17.1. The molecule has 0 spiro atoms. The molecular formula is C24H23NO5. The molecule has 1 saturated heterocycles. The van der Waals surface area contributed by atoms with E-state index in [1.165, 1.54) is 0 Å². The van der Waals surface area contributed by atoms with Gasteiger partial charge in [-0.25, -0.2) is 4.79 Å². The smallest absolute Gasteiger partial charge is 0.339 e. The van der Waals surface area contributed by atoms with Gasteiger partial charge in [0.05, 0.1) is 33.0 Å². The molecule has 2 heterocycles. The topological polar surface area (TPSA) is 57.2 Å². The van der Waals surface area contributed by atoms with Gasteiger partial charge < -0.3 is 23.8 Å². The summed E-state index contributed by atoms with van der Waals surface area (Å²) < 4.78 is 21.8. The molecule has 6 heteroatoms. The van der Waals surface area contributed by atoms with Gasteiger partial charge in [-0.05, 0) is 46.7 Å². The maximum Gasteiger partial charge on any atom is 0.339 e. The summed E-state index contributed by atoms with van der Waals surface area (Å²) in [5.74, 6) is 1.00. The molecule has 0 saturated carbocycles. The van der Waals surface area contributed by atoms with Gasteiger partial charge in [0, 0.05) is 29.9 Å². The standard InChI is InChI=1S/C24H23NO5/c1-27-20-12-16-11-17-14-30-24(26)23(17)22(19(16)13-21(20)28-2)15-3-5-18(6-4-15)25-7-9-29-10-8-25/h3-6,11-13H,7-10,14H2,1-2H3. The summed E-state index contributed by atoms with van der Waals surface area (Å²) in [7, 11) is 3.23. The molecule has 5 rings (SSSR count). The van der Waals surface area contributed by atoms with E-state index in [0.29, 0.717) is 17.1 Å².